The summed E-state index contributed by atoms with van der Waals surface area (Å²) < 4.78 is 19.8. The van der Waals surface area contributed by atoms with Crippen LogP contribution in [0.3, 0.4) is 0 Å². The monoisotopic (exact) mass is 594 g/mol. The SMILES string of the molecule is CCN(CC)CC1CCN(CC=CC(=O)Nc2cc3c(Nc4ccc(F)c(Cl)c4)ncnc3cc2OCC2CC2)CC1. The molecule has 2 fully saturated rings. The number of carbonyl (C=O) groups excluding carboxylic acids is 1. The molecule has 1 saturated heterocycles. The summed E-state index contributed by atoms with van der Waals surface area (Å²) in [7, 11) is 0. The van der Waals surface area contributed by atoms with Crippen molar-refractivity contribution in [2.24, 2.45) is 11.8 Å². The van der Waals surface area contributed by atoms with E-state index >= 15 is 0 Å². The lowest BCUT2D eigenvalue weighted by Crippen LogP contribution is -2.38. The fourth-order valence-corrected chi connectivity index (χ4v) is 5.47. The van der Waals surface area contributed by atoms with Crippen LogP contribution in [0.25, 0.3) is 10.9 Å². The highest BCUT2D eigenvalue weighted by Crippen LogP contribution is 2.36. The first-order valence-electron chi connectivity index (χ1n) is 15.0. The molecule has 10 heteroatoms. The largest absolute Gasteiger partial charge is 0.491 e. The van der Waals surface area contributed by atoms with Gasteiger partial charge in [0.2, 0.25) is 5.91 Å². The number of ether oxygens (including phenoxy) is 1. The Morgan fingerprint density at radius 3 is 2.62 bits per heavy atom. The Morgan fingerprint density at radius 2 is 1.90 bits per heavy atom. The van der Waals surface area contributed by atoms with Gasteiger partial charge in [0.05, 0.1) is 22.8 Å². The second kappa shape index (κ2) is 14.3. The van der Waals surface area contributed by atoms with E-state index in [1.54, 1.807) is 12.1 Å². The summed E-state index contributed by atoms with van der Waals surface area (Å²) in [6.45, 7) is 11.3. The highest BCUT2D eigenvalue weighted by Gasteiger charge is 2.23. The van der Waals surface area contributed by atoms with Gasteiger partial charge in [-0.3, -0.25) is 9.69 Å². The van der Waals surface area contributed by atoms with E-state index in [1.165, 1.54) is 37.8 Å². The zero-order chi connectivity index (χ0) is 29.5. The van der Waals surface area contributed by atoms with Crippen molar-refractivity contribution < 1.29 is 13.9 Å². The molecule has 2 aliphatic rings. The molecule has 2 aromatic carbocycles. The molecule has 1 amide bonds. The third-order valence-corrected chi connectivity index (χ3v) is 8.39. The number of hydrogen-bond acceptors (Lipinski definition) is 7. The molecule has 1 aliphatic heterocycles. The Hall–Kier alpha value is -3.27. The van der Waals surface area contributed by atoms with Gasteiger partial charge in [-0.1, -0.05) is 31.5 Å². The molecule has 1 saturated carbocycles. The minimum Gasteiger partial charge on any atom is -0.491 e. The number of rotatable bonds is 13. The van der Waals surface area contributed by atoms with Crippen LogP contribution in [-0.4, -0.2) is 71.6 Å². The van der Waals surface area contributed by atoms with Crippen molar-refractivity contribution in [3.63, 3.8) is 0 Å². The fraction of sp³-hybridized carbons (Fsp3) is 0.469. The standard InChI is InChI=1S/C32H40ClFN6O2/c1-3-39(4-2)19-22-11-14-40(15-12-22)13-5-6-31(41)38-29-17-25-28(18-30(29)42-20-23-7-8-23)35-21-36-32(25)37-24-9-10-27(34)26(33)16-24/h5-6,9-10,16-18,21-23H,3-4,7-8,11-15,19-20H2,1-2H3,(H,38,41)(H,35,36,37). The number of likely N-dealkylation sites (tertiary alicyclic amines) is 1. The van der Waals surface area contributed by atoms with Crippen molar-refractivity contribution in [1.82, 2.24) is 19.8 Å². The van der Waals surface area contributed by atoms with Crippen LogP contribution in [0, 0.1) is 17.7 Å². The first-order chi connectivity index (χ1) is 20.4. The van der Waals surface area contributed by atoms with Gasteiger partial charge in [-0.25, -0.2) is 14.4 Å². The summed E-state index contributed by atoms with van der Waals surface area (Å²) >= 11 is 5.97. The average Bonchev–Trinajstić information content (AvgIpc) is 3.82. The van der Waals surface area contributed by atoms with E-state index in [1.807, 2.05) is 18.2 Å². The van der Waals surface area contributed by atoms with Gasteiger partial charge in [0.15, 0.2) is 0 Å². The summed E-state index contributed by atoms with van der Waals surface area (Å²) in [5.41, 5.74) is 1.79. The van der Waals surface area contributed by atoms with Gasteiger partial charge >= 0.3 is 0 Å². The normalized spacial score (nSPS) is 16.4. The first kappa shape index (κ1) is 30.2. The number of benzene rings is 2. The van der Waals surface area contributed by atoms with E-state index in [4.69, 9.17) is 16.3 Å². The van der Waals surface area contributed by atoms with Crippen molar-refractivity contribution in [2.45, 2.75) is 39.5 Å². The molecule has 5 rings (SSSR count). The molecule has 3 aromatic rings. The number of anilines is 3. The number of halogens is 2. The van der Waals surface area contributed by atoms with E-state index in [-0.39, 0.29) is 10.9 Å². The zero-order valence-electron chi connectivity index (χ0n) is 24.4. The van der Waals surface area contributed by atoms with Gasteiger partial charge < -0.3 is 20.3 Å². The zero-order valence-corrected chi connectivity index (χ0v) is 25.2. The van der Waals surface area contributed by atoms with Crippen LogP contribution in [0.15, 0.2) is 48.8 Å². The number of nitrogens with zero attached hydrogens (tertiary/aromatic N) is 4. The lowest BCUT2D eigenvalue weighted by Gasteiger charge is -2.33. The summed E-state index contributed by atoms with van der Waals surface area (Å²) in [5.74, 6) is 1.65. The second-order valence-corrected chi connectivity index (χ2v) is 11.6. The van der Waals surface area contributed by atoms with Crippen molar-refractivity contribution >= 4 is 45.6 Å². The predicted octanol–water partition coefficient (Wildman–Crippen LogP) is 6.50. The van der Waals surface area contributed by atoms with E-state index in [0.717, 1.165) is 51.5 Å². The van der Waals surface area contributed by atoms with Gasteiger partial charge in [0.25, 0.3) is 0 Å². The number of piperidine rings is 1. The van der Waals surface area contributed by atoms with Gasteiger partial charge in [-0.15, -0.1) is 0 Å². The number of fused-ring (bicyclic) bond motifs is 1. The van der Waals surface area contributed by atoms with Crippen LogP contribution in [0.1, 0.15) is 39.5 Å². The highest BCUT2D eigenvalue weighted by molar-refractivity contribution is 6.31. The average molecular weight is 595 g/mol. The molecule has 224 valence electrons. The second-order valence-electron chi connectivity index (χ2n) is 11.2. The topological polar surface area (TPSA) is 82.6 Å². The quantitative estimate of drug-likeness (QED) is 0.218. The molecular formula is C32H40ClFN6O2. The fourth-order valence-electron chi connectivity index (χ4n) is 5.29. The van der Waals surface area contributed by atoms with Crippen molar-refractivity contribution in [3.8, 4) is 5.75 Å². The summed E-state index contributed by atoms with van der Waals surface area (Å²) in [6.07, 6.45) is 9.67. The van der Waals surface area contributed by atoms with Crippen LogP contribution in [0.5, 0.6) is 5.75 Å². The molecule has 1 aliphatic carbocycles. The third-order valence-electron chi connectivity index (χ3n) is 8.10. The Kier molecular flexibility index (Phi) is 10.3. The predicted molar refractivity (Wildman–Crippen MR) is 167 cm³/mol. The summed E-state index contributed by atoms with van der Waals surface area (Å²) in [6, 6.07) is 8.02. The van der Waals surface area contributed by atoms with Crippen LogP contribution < -0.4 is 15.4 Å². The molecule has 0 atom stereocenters. The van der Waals surface area contributed by atoms with Crippen molar-refractivity contribution in [1.29, 1.82) is 0 Å². The molecule has 0 unspecified atom stereocenters. The minimum atomic E-state index is -0.495. The summed E-state index contributed by atoms with van der Waals surface area (Å²) in [4.78, 5) is 26.7. The number of aromatic nitrogens is 2. The van der Waals surface area contributed by atoms with Crippen LogP contribution in [-0.2, 0) is 4.79 Å². The summed E-state index contributed by atoms with van der Waals surface area (Å²) in [5, 5.41) is 6.89. The molecule has 2 N–H and O–H groups in total. The smallest absolute Gasteiger partial charge is 0.248 e. The van der Waals surface area contributed by atoms with Gasteiger partial charge in [0.1, 0.15) is 23.7 Å². The lowest BCUT2D eigenvalue weighted by molar-refractivity contribution is -0.111. The lowest BCUT2D eigenvalue weighted by atomic mass is 9.96. The van der Waals surface area contributed by atoms with Gasteiger partial charge in [-0.05, 0) is 88.0 Å². The Labute approximate surface area is 252 Å². The Morgan fingerprint density at radius 1 is 1.12 bits per heavy atom. The molecule has 2 heterocycles. The molecule has 1 aromatic heterocycles. The Bertz CT molecular complexity index is 1400. The van der Waals surface area contributed by atoms with Crippen LogP contribution in [0.2, 0.25) is 5.02 Å². The van der Waals surface area contributed by atoms with Crippen LogP contribution in [0.4, 0.5) is 21.6 Å². The number of nitrogens with one attached hydrogen (secondary N) is 2. The molecule has 8 nitrogen and oxygen atoms in total. The third kappa shape index (κ3) is 8.18. The van der Waals surface area contributed by atoms with Gasteiger partial charge in [-0.2, -0.15) is 0 Å². The number of hydrogen-bond donors (Lipinski definition) is 2. The van der Waals surface area contributed by atoms with E-state index in [0.29, 0.717) is 46.4 Å². The van der Waals surface area contributed by atoms with Crippen molar-refractivity contribution in [3.05, 3.63) is 59.7 Å². The van der Waals surface area contributed by atoms with E-state index in [9.17, 15) is 9.18 Å². The maximum atomic E-state index is 13.7. The first-order valence-corrected chi connectivity index (χ1v) is 15.4. The molecule has 0 radical (unpaired) electrons. The molecular weight excluding hydrogens is 555 g/mol. The number of carbonyl (C=O) groups is 1. The molecule has 0 spiro atoms. The minimum absolute atomic E-state index is 0.0119. The molecule has 42 heavy (non-hydrogen) atoms. The Balaban J connectivity index is 1.25. The number of amides is 1. The maximum Gasteiger partial charge on any atom is 0.248 e. The molecule has 0 bridgehead atoms. The van der Waals surface area contributed by atoms with E-state index < -0.39 is 5.82 Å². The van der Waals surface area contributed by atoms with E-state index in [2.05, 4.69) is 44.2 Å². The van der Waals surface area contributed by atoms with Crippen LogP contribution >= 0.6 is 11.6 Å². The highest BCUT2D eigenvalue weighted by atomic mass is 35.5. The van der Waals surface area contributed by atoms with Gasteiger partial charge in [0, 0.05) is 36.3 Å². The van der Waals surface area contributed by atoms with Crippen molar-refractivity contribution in [2.75, 3.05) is 56.5 Å². The maximum absolute atomic E-state index is 13.7.